The molecule has 2 heterocycles. The molecule has 0 atom stereocenters. The van der Waals surface area contributed by atoms with Crippen LogP contribution in [0.2, 0.25) is 0 Å². The molecule has 0 saturated heterocycles. The number of rotatable bonds is 7. The first-order chi connectivity index (χ1) is 9.72. The Morgan fingerprint density at radius 1 is 1.25 bits per heavy atom. The molecular formula is C13H20N6S. The molecule has 6 nitrogen and oxygen atoms in total. The highest BCUT2D eigenvalue weighted by molar-refractivity contribution is 7.98. The summed E-state index contributed by atoms with van der Waals surface area (Å²) in [5.74, 6) is 1.68. The Morgan fingerprint density at radius 3 is 2.60 bits per heavy atom. The fourth-order valence-electron chi connectivity index (χ4n) is 1.71. The van der Waals surface area contributed by atoms with E-state index in [1.807, 2.05) is 30.1 Å². The van der Waals surface area contributed by atoms with Crippen LogP contribution in [-0.2, 0) is 13.6 Å². The third kappa shape index (κ3) is 3.86. The third-order valence-corrected chi connectivity index (χ3v) is 3.37. The van der Waals surface area contributed by atoms with Gasteiger partial charge in [-0.15, -0.1) is 0 Å². The van der Waals surface area contributed by atoms with Crippen LogP contribution >= 0.6 is 11.8 Å². The average Bonchev–Trinajstić information content (AvgIpc) is 2.88. The first-order valence-corrected chi connectivity index (χ1v) is 7.83. The van der Waals surface area contributed by atoms with Crippen LogP contribution in [-0.4, -0.2) is 32.5 Å². The summed E-state index contributed by atoms with van der Waals surface area (Å²) in [5, 5.41) is 11.5. The zero-order valence-corrected chi connectivity index (χ0v) is 12.9. The van der Waals surface area contributed by atoms with Gasteiger partial charge in [0.15, 0.2) is 5.16 Å². The lowest BCUT2D eigenvalue weighted by Crippen LogP contribution is -2.09. The van der Waals surface area contributed by atoms with Crippen LogP contribution < -0.4 is 10.6 Å². The lowest BCUT2D eigenvalue weighted by atomic mass is 10.4. The molecule has 0 aliphatic rings. The molecule has 0 radical (unpaired) electrons. The minimum atomic E-state index is 0.689. The van der Waals surface area contributed by atoms with E-state index in [9.17, 15) is 0 Å². The smallest absolute Gasteiger partial charge is 0.191 e. The summed E-state index contributed by atoms with van der Waals surface area (Å²) < 4.78 is 1.85. The summed E-state index contributed by atoms with van der Waals surface area (Å²) in [6.07, 6.45) is 4.83. The van der Waals surface area contributed by atoms with Crippen LogP contribution in [0.15, 0.2) is 23.5 Å². The van der Waals surface area contributed by atoms with Crippen LogP contribution in [0.1, 0.15) is 19.0 Å². The number of thioether (sulfide) groups is 1. The Bertz CT molecular complexity index is 554. The third-order valence-electron chi connectivity index (χ3n) is 2.82. The predicted molar refractivity (Wildman–Crippen MR) is 83.1 cm³/mol. The van der Waals surface area contributed by atoms with Gasteiger partial charge in [0.05, 0.1) is 12.2 Å². The minimum absolute atomic E-state index is 0.689. The minimum Gasteiger partial charge on any atom is -0.370 e. The van der Waals surface area contributed by atoms with Gasteiger partial charge in [-0.25, -0.2) is 9.97 Å². The lowest BCUT2D eigenvalue weighted by molar-refractivity contribution is 0.719. The maximum Gasteiger partial charge on any atom is 0.191 e. The molecule has 0 aromatic carbocycles. The summed E-state index contributed by atoms with van der Waals surface area (Å²) in [5.41, 5.74) is 1.11. The summed E-state index contributed by atoms with van der Waals surface area (Å²) >= 11 is 1.54. The van der Waals surface area contributed by atoms with Gasteiger partial charge in [0, 0.05) is 25.9 Å². The summed E-state index contributed by atoms with van der Waals surface area (Å²) in [6.45, 7) is 3.73. The van der Waals surface area contributed by atoms with Crippen LogP contribution in [0.4, 0.5) is 11.6 Å². The molecule has 20 heavy (non-hydrogen) atoms. The zero-order valence-electron chi connectivity index (χ0n) is 12.1. The molecule has 2 rings (SSSR count). The highest BCUT2D eigenvalue weighted by Gasteiger charge is 2.05. The van der Waals surface area contributed by atoms with Crippen molar-refractivity contribution in [1.29, 1.82) is 0 Å². The van der Waals surface area contributed by atoms with E-state index in [-0.39, 0.29) is 0 Å². The monoisotopic (exact) mass is 292 g/mol. The fourth-order valence-corrected chi connectivity index (χ4v) is 2.09. The van der Waals surface area contributed by atoms with Crippen molar-refractivity contribution in [2.45, 2.75) is 25.0 Å². The number of hydrogen-bond donors (Lipinski definition) is 2. The van der Waals surface area contributed by atoms with Gasteiger partial charge in [-0.3, -0.25) is 4.68 Å². The van der Waals surface area contributed by atoms with E-state index < -0.39 is 0 Å². The Kier molecular flexibility index (Phi) is 5.23. The normalized spacial score (nSPS) is 10.6. The largest absolute Gasteiger partial charge is 0.370 e. The van der Waals surface area contributed by atoms with Crippen molar-refractivity contribution >= 4 is 23.4 Å². The van der Waals surface area contributed by atoms with Crippen molar-refractivity contribution in [2.75, 3.05) is 23.4 Å². The van der Waals surface area contributed by atoms with Crippen molar-refractivity contribution in [3.8, 4) is 0 Å². The van der Waals surface area contributed by atoms with Gasteiger partial charge in [0.25, 0.3) is 0 Å². The first kappa shape index (κ1) is 14.6. The molecule has 2 aromatic heterocycles. The molecule has 0 spiro atoms. The fraction of sp³-hybridized carbons (Fsp3) is 0.462. The maximum atomic E-state index is 4.46. The molecule has 7 heteroatoms. The van der Waals surface area contributed by atoms with Crippen molar-refractivity contribution in [1.82, 2.24) is 19.7 Å². The molecule has 2 N–H and O–H groups in total. The van der Waals surface area contributed by atoms with Crippen molar-refractivity contribution in [2.24, 2.45) is 7.05 Å². The first-order valence-electron chi connectivity index (χ1n) is 6.60. The van der Waals surface area contributed by atoms with Crippen LogP contribution in [0.25, 0.3) is 0 Å². The number of hydrogen-bond acceptors (Lipinski definition) is 6. The van der Waals surface area contributed by atoms with Crippen LogP contribution in [0.5, 0.6) is 0 Å². The molecule has 0 aliphatic heterocycles. The number of nitrogens with one attached hydrogen (secondary N) is 2. The quantitative estimate of drug-likeness (QED) is 0.603. The second kappa shape index (κ2) is 7.14. The Morgan fingerprint density at radius 2 is 2.00 bits per heavy atom. The SMILES string of the molecule is CCCNc1cc(NCc2ccnn2C)nc(SC)n1. The van der Waals surface area contributed by atoms with E-state index in [1.54, 1.807) is 6.20 Å². The highest BCUT2D eigenvalue weighted by Crippen LogP contribution is 2.17. The molecule has 0 fully saturated rings. The van der Waals surface area contributed by atoms with Gasteiger partial charge in [0.2, 0.25) is 0 Å². The Hall–Kier alpha value is -1.76. The van der Waals surface area contributed by atoms with Gasteiger partial charge >= 0.3 is 0 Å². The van der Waals surface area contributed by atoms with Gasteiger partial charge < -0.3 is 10.6 Å². The van der Waals surface area contributed by atoms with Gasteiger partial charge in [-0.05, 0) is 18.7 Å². The molecular weight excluding hydrogens is 272 g/mol. The van der Waals surface area contributed by atoms with Gasteiger partial charge in [0.1, 0.15) is 11.6 Å². The van der Waals surface area contributed by atoms with E-state index in [0.717, 1.165) is 35.5 Å². The molecule has 2 aromatic rings. The standard InChI is InChI=1S/C13H20N6S/c1-4-6-14-11-8-12(18-13(17-11)20-3)15-9-10-5-7-16-19(10)2/h5,7-8H,4,6,9H2,1-3H3,(H2,14,15,17,18). The van der Waals surface area contributed by atoms with Crippen molar-refractivity contribution in [3.63, 3.8) is 0 Å². The average molecular weight is 292 g/mol. The number of aryl methyl sites for hydroxylation is 1. The summed E-state index contributed by atoms with van der Waals surface area (Å²) in [7, 11) is 1.93. The number of nitrogens with zero attached hydrogens (tertiary/aromatic N) is 4. The lowest BCUT2D eigenvalue weighted by Gasteiger charge is -2.10. The zero-order chi connectivity index (χ0) is 14.4. The molecule has 0 unspecified atom stereocenters. The number of anilines is 2. The second-order valence-electron chi connectivity index (χ2n) is 4.35. The van der Waals surface area contributed by atoms with Crippen LogP contribution in [0.3, 0.4) is 0 Å². The topological polar surface area (TPSA) is 67.7 Å². The molecule has 0 bridgehead atoms. The molecule has 0 aliphatic carbocycles. The summed E-state index contributed by atoms with van der Waals surface area (Å²) in [6, 6.07) is 3.92. The van der Waals surface area contributed by atoms with E-state index in [0.29, 0.717) is 6.54 Å². The molecule has 0 amide bonds. The van der Waals surface area contributed by atoms with E-state index in [4.69, 9.17) is 0 Å². The van der Waals surface area contributed by atoms with Crippen LogP contribution in [0, 0.1) is 0 Å². The molecule has 0 saturated carbocycles. The van der Waals surface area contributed by atoms with Gasteiger partial charge in [-0.2, -0.15) is 5.10 Å². The van der Waals surface area contributed by atoms with E-state index in [1.165, 1.54) is 11.8 Å². The predicted octanol–water partition coefficient (Wildman–Crippen LogP) is 2.37. The Balaban J connectivity index is 2.07. The van der Waals surface area contributed by atoms with E-state index >= 15 is 0 Å². The van der Waals surface area contributed by atoms with Crippen molar-refractivity contribution in [3.05, 3.63) is 24.0 Å². The van der Waals surface area contributed by atoms with E-state index in [2.05, 4.69) is 32.6 Å². The van der Waals surface area contributed by atoms with Crippen molar-refractivity contribution < 1.29 is 0 Å². The highest BCUT2D eigenvalue weighted by atomic mass is 32.2. The Labute approximate surface area is 123 Å². The second-order valence-corrected chi connectivity index (χ2v) is 5.13. The number of aromatic nitrogens is 4. The maximum absolute atomic E-state index is 4.46. The van der Waals surface area contributed by atoms with Gasteiger partial charge in [-0.1, -0.05) is 18.7 Å². The molecule has 108 valence electrons. The summed E-state index contributed by atoms with van der Waals surface area (Å²) in [4.78, 5) is 8.90.